The van der Waals surface area contributed by atoms with Crippen molar-refractivity contribution in [2.45, 2.75) is 0 Å². The number of halogens is 10. The van der Waals surface area contributed by atoms with Gasteiger partial charge in [0.25, 0.3) is 0 Å². The van der Waals surface area contributed by atoms with E-state index in [1.165, 1.54) is 28.8 Å². The molecule has 0 bridgehead atoms. The first-order valence-corrected chi connectivity index (χ1v) is 11.7. The van der Waals surface area contributed by atoms with Crippen molar-refractivity contribution in [2.24, 2.45) is 0 Å². The highest BCUT2D eigenvalue weighted by atomic mass is 19.2. The first-order valence-electron chi connectivity index (χ1n) is 11.7. The Kier molecular flexibility index (Phi) is 6.05. The Morgan fingerprint density at radius 3 is 1.02 bits per heavy atom. The van der Waals surface area contributed by atoms with Crippen molar-refractivity contribution < 1.29 is 43.9 Å². The summed E-state index contributed by atoms with van der Waals surface area (Å²) in [4.78, 5) is 0. The van der Waals surface area contributed by atoms with Gasteiger partial charge < -0.3 is 4.57 Å². The van der Waals surface area contributed by atoms with E-state index in [0.717, 1.165) is 18.2 Å². The monoisotopic (exact) mass is 575 g/mol. The summed E-state index contributed by atoms with van der Waals surface area (Å²) in [5, 5.41) is 0.998. The Morgan fingerprint density at radius 1 is 0.341 bits per heavy atom. The Balaban J connectivity index is 1.89. The first kappa shape index (κ1) is 26.4. The van der Waals surface area contributed by atoms with E-state index in [4.69, 9.17) is 0 Å². The lowest BCUT2D eigenvalue weighted by molar-refractivity contribution is 0.381. The third-order valence-corrected chi connectivity index (χ3v) is 6.80. The number of benzene rings is 5. The highest BCUT2D eigenvalue weighted by molar-refractivity contribution is 6.10. The number of hydrogen-bond donors (Lipinski definition) is 0. The molecule has 0 N–H and O–H groups in total. The summed E-state index contributed by atoms with van der Waals surface area (Å²) in [6, 6.07) is 15.4. The van der Waals surface area contributed by atoms with Crippen LogP contribution in [0.25, 0.3) is 49.7 Å². The summed E-state index contributed by atoms with van der Waals surface area (Å²) in [5.41, 5.74) is -4.62. The quantitative estimate of drug-likeness (QED) is 0.113. The topological polar surface area (TPSA) is 4.93 Å². The molecule has 1 aromatic heterocycles. The van der Waals surface area contributed by atoms with Crippen molar-refractivity contribution >= 4 is 21.8 Å². The summed E-state index contributed by atoms with van der Waals surface area (Å²) in [6.45, 7) is 0. The molecule has 1 nitrogen and oxygen atoms in total. The van der Waals surface area contributed by atoms with E-state index in [-0.39, 0.29) is 11.0 Å². The largest absolute Gasteiger partial charge is 0.308 e. The van der Waals surface area contributed by atoms with Gasteiger partial charge in [-0.1, -0.05) is 54.6 Å². The van der Waals surface area contributed by atoms with Gasteiger partial charge in [-0.25, -0.2) is 43.9 Å². The first-order chi connectivity index (χ1) is 19.6. The predicted octanol–water partition coefficient (Wildman–Crippen LogP) is 9.51. The van der Waals surface area contributed by atoms with Crippen LogP contribution in [0, 0.1) is 58.2 Å². The number of rotatable bonds is 3. The van der Waals surface area contributed by atoms with E-state index in [1.54, 1.807) is 24.3 Å². The number of fused-ring (bicyclic) bond motifs is 3. The minimum absolute atomic E-state index is 0.232. The second-order valence-electron chi connectivity index (χ2n) is 8.96. The number of aromatic nitrogens is 1. The van der Waals surface area contributed by atoms with Crippen LogP contribution >= 0.6 is 0 Å². The number of para-hydroxylation sites is 3. The van der Waals surface area contributed by atoms with E-state index in [9.17, 15) is 26.3 Å². The molecule has 0 aliphatic heterocycles. The molecule has 0 saturated carbocycles. The van der Waals surface area contributed by atoms with Crippen molar-refractivity contribution in [3.63, 3.8) is 0 Å². The van der Waals surface area contributed by atoms with Crippen LogP contribution in [0.3, 0.4) is 0 Å². The van der Waals surface area contributed by atoms with Gasteiger partial charge in [0.05, 0.1) is 27.8 Å². The molecule has 206 valence electrons. The molecule has 0 radical (unpaired) electrons. The molecule has 0 aliphatic carbocycles. The number of nitrogens with zero attached hydrogens (tertiary/aromatic N) is 1. The van der Waals surface area contributed by atoms with Crippen LogP contribution in [-0.4, -0.2) is 4.57 Å². The summed E-state index contributed by atoms with van der Waals surface area (Å²) in [6.07, 6.45) is 0. The van der Waals surface area contributed by atoms with Crippen LogP contribution in [0.5, 0.6) is 0 Å². The maximum absolute atomic E-state index is 15.2. The molecule has 0 amide bonds. The van der Waals surface area contributed by atoms with E-state index in [2.05, 4.69) is 0 Å². The maximum Gasteiger partial charge on any atom is 0.200 e. The highest BCUT2D eigenvalue weighted by Crippen LogP contribution is 2.45. The van der Waals surface area contributed by atoms with Crippen LogP contribution in [0.1, 0.15) is 0 Å². The van der Waals surface area contributed by atoms with E-state index in [0.29, 0.717) is 10.8 Å². The van der Waals surface area contributed by atoms with Gasteiger partial charge in [-0.05, 0) is 12.1 Å². The van der Waals surface area contributed by atoms with Crippen molar-refractivity contribution in [3.05, 3.63) is 125 Å². The summed E-state index contributed by atoms with van der Waals surface area (Å²) < 4.78 is 147. The van der Waals surface area contributed by atoms with Crippen molar-refractivity contribution in [2.75, 3.05) is 0 Å². The molecule has 5 aromatic carbocycles. The molecule has 1 heterocycles. The Labute approximate surface area is 223 Å². The lowest BCUT2D eigenvalue weighted by Gasteiger charge is -2.21. The Bertz CT molecular complexity index is 1860. The Hall–Kier alpha value is -4.80. The molecular formula is C30H11F10N. The molecule has 6 aromatic rings. The lowest BCUT2D eigenvalue weighted by Crippen LogP contribution is -2.09. The fourth-order valence-electron chi connectivity index (χ4n) is 5.03. The molecule has 0 atom stereocenters. The average Bonchev–Trinajstić information content (AvgIpc) is 3.31. The lowest BCUT2D eigenvalue weighted by atomic mass is 9.93. The molecule has 0 fully saturated rings. The van der Waals surface area contributed by atoms with E-state index in [1.807, 2.05) is 0 Å². The van der Waals surface area contributed by atoms with Crippen LogP contribution in [0.4, 0.5) is 43.9 Å². The standard InChI is InChI=1S/C30H11F10N/c31-20-18(21(32)25(36)28(39)24(20)35)14-8-5-9-15(19-22(33)26(37)29(40)27(38)23(19)34)30(14)41-16-10-3-1-6-12(16)13-7-2-4-11-17(13)41/h1-11H. The molecule has 6 rings (SSSR count). The van der Waals surface area contributed by atoms with Crippen LogP contribution in [0.2, 0.25) is 0 Å². The molecular weight excluding hydrogens is 564 g/mol. The fraction of sp³-hybridized carbons (Fsp3) is 0. The summed E-state index contributed by atoms with van der Waals surface area (Å²) >= 11 is 0. The minimum Gasteiger partial charge on any atom is -0.308 e. The smallest absolute Gasteiger partial charge is 0.200 e. The second-order valence-corrected chi connectivity index (χ2v) is 8.96. The molecule has 0 unspecified atom stereocenters. The van der Waals surface area contributed by atoms with Crippen molar-refractivity contribution in [1.29, 1.82) is 0 Å². The van der Waals surface area contributed by atoms with Crippen LogP contribution in [0.15, 0.2) is 66.7 Å². The van der Waals surface area contributed by atoms with Gasteiger partial charge in [-0.2, -0.15) is 0 Å². The van der Waals surface area contributed by atoms with Gasteiger partial charge in [0.15, 0.2) is 46.5 Å². The molecule has 41 heavy (non-hydrogen) atoms. The fourth-order valence-corrected chi connectivity index (χ4v) is 5.03. The minimum atomic E-state index is -2.45. The molecule has 0 aliphatic rings. The van der Waals surface area contributed by atoms with Crippen LogP contribution < -0.4 is 0 Å². The van der Waals surface area contributed by atoms with Gasteiger partial charge >= 0.3 is 0 Å². The van der Waals surface area contributed by atoms with E-state index >= 15 is 17.6 Å². The van der Waals surface area contributed by atoms with Crippen molar-refractivity contribution in [3.8, 4) is 27.9 Å². The van der Waals surface area contributed by atoms with Gasteiger partial charge in [0.2, 0.25) is 11.6 Å². The third kappa shape index (κ3) is 3.64. The maximum atomic E-state index is 15.2. The van der Waals surface area contributed by atoms with Gasteiger partial charge in [-0.15, -0.1) is 0 Å². The molecule has 11 heteroatoms. The van der Waals surface area contributed by atoms with Gasteiger partial charge in [0, 0.05) is 21.9 Å². The van der Waals surface area contributed by atoms with Gasteiger partial charge in [0.1, 0.15) is 0 Å². The van der Waals surface area contributed by atoms with Crippen molar-refractivity contribution in [1.82, 2.24) is 4.57 Å². The molecule has 0 spiro atoms. The van der Waals surface area contributed by atoms with Gasteiger partial charge in [-0.3, -0.25) is 0 Å². The summed E-state index contributed by atoms with van der Waals surface area (Å²) in [7, 11) is 0. The second kappa shape index (κ2) is 9.39. The number of hydrogen-bond acceptors (Lipinski definition) is 0. The average molecular weight is 575 g/mol. The zero-order chi connectivity index (χ0) is 29.3. The zero-order valence-corrected chi connectivity index (χ0v) is 20.1. The highest BCUT2D eigenvalue weighted by Gasteiger charge is 2.33. The Morgan fingerprint density at radius 2 is 0.659 bits per heavy atom. The van der Waals surface area contributed by atoms with Crippen LogP contribution in [-0.2, 0) is 0 Å². The SMILES string of the molecule is Fc1c(F)c(F)c(-c2cccc(-c3c(F)c(F)c(F)c(F)c3F)c2-n2c3ccccc3c3ccccc32)c(F)c1F. The zero-order valence-electron chi connectivity index (χ0n) is 20.1. The molecule has 0 saturated heterocycles. The predicted molar refractivity (Wildman–Crippen MR) is 131 cm³/mol. The normalized spacial score (nSPS) is 11.7. The summed E-state index contributed by atoms with van der Waals surface area (Å²) in [5.74, 6) is -23.1. The third-order valence-electron chi connectivity index (χ3n) is 6.80. The van der Waals surface area contributed by atoms with E-state index < -0.39 is 86.1 Å².